The Labute approximate surface area is 149 Å². The number of anilines is 1. The lowest BCUT2D eigenvalue weighted by atomic mass is 9.95. The smallest absolute Gasteiger partial charge is 0.166 e. The van der Waals surface area contributed by atoms with E-state index in [2.05, 4.69) is 18.8 Å². The van der Waals surface area contributed by atoms with Crippen molar-refractivity contribution >= 4 is 5.82 Å². The summed E-state index contributed by atoms with van der Waals surface area (Å²) in [6, 6.07) is 3.80. The molecule has 1 aromatic heterocycles. The Morgan fingerprint density at radius 2 is 1.50 bits per heavy atom. The van der Waals surface area contributed by atoms with E-state index in [0.29, 0.717) is 11.7 Å². The Morgan fingerprint density at radius 1 is 0.917 bits per heavy atom. The van der Waals surface area contributed by atoms with Gasteiger partial charge in [0.2, 0.25) is 0 Å². The van der Waals surface area contributed by atoms with Crippen LogP contribution in [0.3, 0.4) is 0 Å². The summed E-state index contributed by atoms with van der Waals surface area (Å²) in [5, 5.41) is 0. The molecule has 1 atom stereocenters. The van der Waals surface area contributed by atoms with E-state index in [0.717, 1.165) is 12.4 Å². The van der Waals surface area contributed by atoms with Crippen LogP contribution in [0.15, 0.2) is 18.3 Å². The van der Waals surface area contributed by atoms with Gasteiger partial charge in [-0.2, -0.15) is 0 Å². The molecule has 0 bridgehead atoms. The minimum atomic E-state index is 0.502. The molecule has 0 fully saturated rings. The van der Waals surface area contributed by atoms with E-state index in [4.69, 9.17) is 10.5 Å². The summed E-state index contributed by atoms with van der Waals surface area (Å²) >= 11 is 0. The van der Waals surface area contributed by atoms with Gasteiger partial charge in [0.15, 0.2) is 11.6 Å². The standard InChI is InChI=1S/C21H38N2O/c1-3-5-7-9-10-12-15-19(14-11-8-6-4-2)18-24-20-16-13-17-23-21(20)22/h13,16-17,19H,3-12,14-15,18H2,1-2H3,(H2,22,23). The molecule has 0 aliphatic carbocycles. The van der Waals surface area contributed by atoms with Gasteiger partial charge in [0.1, 0.15) is 0 Å². The first-order chi connectivity index (χ1) is 11.8. The van der Waals surface area contributed by atoms with Crippen LogP contribution in [0, 0.1) is 5.92 Å². The summed E-state index contributed by atoms with van der Waals surface area (Å²) in [6.07, 6.45) is 17.7. The average Bonchev–Trinajstić information content (AvgIpc) is 2.60. The Bertz CT molecular complexity index is 409. The number of unbranched alkanes of at least 4 members (excludes halogenated alkanes) is 8. The Hall–Kier alpha value is -1.25. The lowest BCUT2D eigenvalue weighted by molar-refractivity contribution is 0.224. The number of rotatable bonds is 15. The van der Waals surface area contributed by atoms with Crippen molar-refractivity contribution in [3.63, 3.8) is 0 Å². The number of nitrogens with zero attached hydrogens (tertiary/aromatic N) is 1. The normalized spacial score (nSPS) is 12.2. The summed E-state index contributed by atoms with van der Waals surface area (Å²) in [6.45, 7) is 5.31. The van der Waals surface area contributed by atoms with Crippen LogP contribution in [0.25, 0.3) is 0 Å². The number of ether oxygens (including phenoxy) is 1. The molecule has 0 radical (unpaired) electrons. The average molecular weight is 335 g/mol. The molecule has 3 nitrogen and oxygen atoms in total. The Balaban J connectivity index is 2.32. The van der Waals surface area contributed by atoms with Crippen LogP contribution in [0.5, 0.6) is 5.75 Å². The fourth-order valence-electron chi connectivity index (χ4n) is 3.12. The number of hydrogen-bond donors (Lipinski definition) is 1. The fraction of sp³-hybridized carbons (Fsp3) is 0.762. The van der Waals surface area contributed by atoms with Crippen LogP contribution in [-0.4, -0.2) is 11.6 Å². The quantitative estimate of drug-likeness (QED) is 0.379. The van der Waals surface area contributed by atoms with Gasteiger partial charge >= 0.3 is 0 Å². The third-order valence-electron chi connectivity index (χ3n) is 4.71. The second-order valence-electron chi connectivity index (χ2n) is 6.97. The first-order valence-electron chi connectivity index (χ1n) is 10.1. The molecule has 0 aliphatic rings. The molecule has 0 amide bonds. The molecule has 0 aliphatic heterocycles. The second kappa shape index (κ2) is 14.1. The van der Waals surface area contributed by atoms with Crippen LogP contribution in [0.2, 0.25) is 0 Å². The third-order valence-corrected chi connectivity index (χ3v) is 4.71. The van der Waals surface area contributed by atoms with Gasteiger partial charge in [-0.15, -0.1) is 0 Å². The van der Waals surface area contributed by atoms with Gasteiger partial charge in [-0.1, -0.05) is 78.1 Å². The van der Waals surface area contributed by atoms with Crippen molar-refractivity contribution in [3.8, 4) is 5.75 Å². The van der Waals surface area contributed by atoms with Crippen molar-refractivity contribution in [2.24, 2.45) is 5.92 Å². The first-order valence-corrected chi connectivity index (χ1v) is 10.1. The maximum absolute atomic E-state index is 5.96. The SMILES string of the molecule is CCCCCCCCC(CCCCCC)COc1cccnc1N. The largest absolute Gasteiger partial charge is 0.489 e. The zero-order valence-corrected chi connectivity index (χ0v) is 15.9. The Morgan fingerprint density at radius 3 is 2.12 bits per heavy atom. The van der Waals surface area contributed by atoms with E-state index in [1.165, 1.54) is 77.0 Å². The van der Waals surface area contributed by atoms with Crippen molar-refractivity contribution in [3.05, 3.63) is 18.3 Å². The van der Waals surface area contributed by atoms with Gasteiger partial charge < -0.3 is 10.5 Å². The molecule has 0 saturated carbocycles. The molecule has 138 valence electrons. The highest BCUT2D eigenvalue weighted by molar-refractivity contribution is 5.44. The highest BCUT2D eigenvalue weighted by atomic mass is 16.5. The molecule has 1 heterocycles. The third kappa shape index (κ3) is 9.79. The van der Waals surface area contributed by atoms with E-state index in [1.807, 2.05) is 12.1 Å². The van der Waals surface area contributed by atoms with Gasteiger partial charge in [0, 0.05) is 6.20 Å². The highest BCUT2D eigenvalue weighted by Gasteiger charge is 2.11. The number of hydrogen-bond acceptors (Lipinski definition) is 3. The molecule has 24 heavy (non-hydrogen) atoms. The summed E-state index contributed by atoms with van der Waals surface area (Å²) in [5.74, 6) is 1.88. The van der Waals surface area contributed by atoms with Gasteiger partial charge in [-0.3, -0.25) is 0 Å². The minimum absolute atomic E-state index is 0.502. The predicted molar refractivity (Wildman–Crippen MR) is 104 cm³/mol. The Kier molecular flexibility index (Phi) is 12.2. The van der Waals surface area contributed by atoms with Crippen LogP contribution in [0.1, 0.15) is 90.9 Å². The highest BCUT2D eigenvalue weighted by Crippen LogP contribution is 2.23. The lowest BCUT2D eigenvalue weighted by Crippen LogP contribution is -2.13. The minimum Gasteiger partial charge on any atom is -0.489 e. The number of nitrogen functional groups attached to an aromatic ring is 1. The van der Waals surface area contributed by atoms with E-state index >= 15 is 0 Å². The zero-order valence-electron chi connectivity index (χ0n) is 15.9. The summed E-state index contributed by atoms with van der Waals surface area (Å²) in [7, 11) is 0. The van der Waals surface area contributed by atoms with Gasteiger partial charge in [-0.05, 0) is 30.9 Å². The molecule has 2 N–H and O–H groups in total. The maximum atomic E-state index is 5.96. The van der Waals surface area contributed by atoms with Crippen LogP contribution in [0.4, 0.5) is 5.82 Å². The monoisotopic (exact) mass is 334 g/mol. The van der Waals surface area contributed by atoms with Crippen molar-refractivity contribution in [1.82, 2.24) is 4.98 Å². The lowest BCUT2D eigenvalue weighted by Gasteiger charge is -2.18. The molecule has 3 heteroatoms. The molecule has 0 spiro atoms. The van der Waals surface area contributed by atoms with Gasteiger partial charge in [0.05, 0.1) is 6.61 Å². The van der Waals surface area contributed by atoms with Crippen molar-refractivity contribution < 1.29 is 4.74 Å². The van der Waals surface area contributed by atoms with Crippen molar-refractivity contribution in [2.75, 3.05) is 12.3 Å². The summed E-state index contributed by atoms with van der Waals surface area (Å²) in [4.78, 5) is 4.10. The second-order valence-corrected chi connectivity index (χ2v) is 6.97. The van der Waals surface area contributed by atoms with Gasteiger partial charge in [0.25, 0.3) is 0 Å². The van der Waals surface area contributed by atoms with E-state index in [-0.39, 0.29) is 0 Å². The van der Waals surface area contributed by atoms with Crippen molar-refractivity contribution in [2.45, 2.75) is 90.9 Å². The van der Waals surface area contributed by atoms with Crippen molar-refractivity contribution in [1.29, 1.82) is 0 Å². The molecule has 0 saturated heterocycles. The maximum Gasteiger partial charge on any atom is 0.166 e. The van der Waals surface area contributed by atoms with E-state index < -0.39 is 0 Å². The molecular weight excluding hydrogens is 296 g/mol. The molecule has 1 aromatic rings. The van der Waals surface area contributed by atoms with Crippen LogP contribution < -0.4 is 10.5 Å². The van der Waals surface area contributed by atoms with E-state index in [1.54, 1.807) is 6.20 Å². The molecule has 0 aromatic carbocycles. The molecular formula is C21H38N2O. The fourth-order valence-corrected chi connectivity index (χ4v) is 3.12. The van der Waals surface area contributed by atoms with Gasteiger partial charge in [-0.25, -0.2) is 4.98 Å². The number of pyridine rings is 1. The number of aromatic nitrogens is 1. The molecule has 1 unspecified atom stereocenters. The summed E-state index contributed by atoms with van der Waals surface area (Å²) < 4.78 is 5.96. The van der Waals surface area contributed by atoms with Crippen LogP contribution >= 0.6 is 0 Å². The van der Waals surface area contributed by atoms with E-state index in [9.17, 15) is 0 Å². The molecule has 1 rings (SSSR count). The number of nitrogens with two attached hydrogens (primary N) is 1. The topological polar surface area (TPSA) is 48.1 Å². The predicted octanol–water partition coefficient (Wildman–Crippen LogP) is 6.38. The zero-order chi connectivity index (χ0) is 17.5. The van der Waals surface area contributed by atoms with Crippen LogP contribution in [-0.2, 0) is 0 Å². The first kappa shape index (κ1) is 20.8. The summed E-state index contributed by atoms with van der Waals surface area (Å²) in [5.41, 5.74) is 5.88.